The Balaban J connectivity index is 1.83. The fourth-order valence-corrected chi connectivity index (χ4v) is 4.02. The van der Waals surface area contributed by atoms with E-state index in [-0.39, 0.29) is 5.82 Å². The van der Waals surface area contributed by atoms with Gasteiger partial charge in [-0.15, -0.1) is 0 Å². The van der Waals surface area contributed by atoms with Gasteiger partial charge in [0, 0.05) is 12.0 Å². The van der Waals surface area contributed by atoms with Crippen LogP contribution >= 0.6 is 0 Å². The highest BCUT2D eigenvalue weighted by Crippen LogP contribution is 2.51. The molecule has 2 aliphatic rings. The van der Waals surface area contributed by atoms with Crippen molar-refractivity contribution in [2.75, 3.05) is 6.54 Å². The third-order valence-electron chi connectivity index (χ3n) is 4.83. The number of nitrogens with one attached hydrogen (secondary N) is 1. The summed E-state index contributed by atoms with van der Waals surface area (Å²) in [5.74, 6) is 0.856. The zero-order valence-electron chi connectivity index (χ0n) is 11.4. The van der Waals surface area contributed by atoms with Crippen molar-refractivity contribution >= 4 is 0 Å². The maximum atomic E-state index is 13.2. The average Bonchev–Trinajstić information content (AvgIpc) is 2.83. The van der Waals surface area contributed by atoms with Gasteiger partial charge in [-0.2, -0.15) is 0 Å². The van der Waals surface area contributed by atoms with Gasteiger partial charge in [-0.3, -0.25) is 0 Å². The van der Waals surface area contributed by atoms with Gasteiger partial charge in [-0.25, -0.2) is 4.39 Å². The number of fused-ring (bicyclic) bond motifs is 3. The first-order valence-electron chi connectivity index (χ1n) is 7.42. The van der Waals surface area contributed by atoms with E-state index in [1.807, 2.05) is 12.1 Å². The van der Waals surface area contributed by atoms with E-state index in [0.29, 0.717) is 17.9 Å². The van der Waals surface area contributed by atoms with E-state index in [1.54, 1.807) is 12.1 Å². The first kappa shape index (κ1) is 12.1. The molecular formula is C18H18FN. The average molecular weight is 267 g/mol. The first-order valence-corrected chi connectivity index (χ1v) is 7.42. The molecule has 2 aromatic rings. The molecule has 1 saturated heterocycles. The number of piperidine rings is 1. The standard InChI is InChI=1S/C18H18FN/c19-13-9-7-12(8-10-13)17-14-4-1-2-5-15(14)18-16(17)6-3-11-20-18/h1-2,4-5,7-10,16-18,20H,3,6,11H2/t16-,17-,18+/m0/s1. The lowest BCUT2D eigenvalue weighted by atomic mass is 9.80. The molecule has 1 heterocycles. The Morgan fingerprint density at radius 1 is 0.950 bits per heavy atom. The van der Waals surface area contributed by atoms with Crippen LogP contribution in [0.4, 0.5) is 4.39 Å². The van der Waals surface area contributed by atoms with Crippen molar-refractivity contribution in [3.63, 3.8) is 0 Å². The van der Waals surface area contributed by atoms with Gasteiger partial charge in [-0.1, -0.05) is 36.4 Å². The molecule has 0 aromatic heterocycles. The van der Waals surface area contributed by atoms with Crippen LogP contribution in [-0.4, -0.2) is 6.54 Å². The van der Waals surface area contributed by atoms with E-state index in [4.69, 9.17) is 0 Å². The predicted octanol–water partition coefficient (Wildman–Crippen LogP) is 4.01. The van der Waals surface area contributed by atoms with E-state index >= 15 is 0 Å². The molecule has 0 unspecified atom stereocenters. The third kappa shape index (κ3) is 1.79. The summed E-state index contributed by atoms with van der Waals surface area (Å²) >= 11 is 0. The van der Waals surface area contributed by atoms with Crippen LogP contribution in [0, 0.1) is 11.7 Å². The number of hydrogen-bond donors (Lipinski definition) is 1. The fourth-order valence-electron chi connectivity index (χ4n) is 4.02. The Morgan fingerprint density at radius 3 is 2.50 bits per heavy atom. The van der Waals surface area contributed by atoms with Crippen LogP contribution < -0.4 is 5.32 Å². The minimum Gasteiger partial charge on any atom is -0.310 e. The number of benzene rings is 2. The summed E-state index contributed by atoms with van der Waals surface area (Å²) in [4.78, 5) is 0. The molecule has 102 valence electrons. The van der Waals surface area contributed by atoms with E-state index in [0.717, 1.165) is 6.54 Å². The van der Waals surface area contributed by atoms with Crippen molar-refractivity contribution in [3.05, 3.63) is 71.0 Å². The maximum Gasteiger partial charge on any atom is 0.123 e. The van der Waals surface area contributed by atoms with Gasteiger partial charge in [0.05, 0.1) is 0 Å². The summed E-state index contributed by atoms with van der Waals surface area (Å²) in [6, 6.07) is 16.3. The number of halogens is 1. The Hall–Kier alpha value is -1.67. The van der Waals surface area contributed by atoms with Crippen molar-refractivity contribution in [1.82, 2.24) is 5.32 Å². The molecule has 1 aliphatic carbocycles. The Morgan fingerprint density at radius 2 is 1.70 bits per heavy atom. The van der Waals surface area contributed by atoms with Crippen molar-refractivity contribution in [2.45, 2.75) is 24.8 Å². The van der Waals surface area contributed by atoms with Gasteiger partial charge < -0.3 is 5.32 Å². The SMILES string of the molecule is Fc1ccc([C@H]2c3ccccc3[C@H]3NCCC[C@@H]23)cc1. The zero-order chi connectivity index (χ0) is 13.5. The Kier molecular flexibility index (Phi) is 2.85. The van der Waals surface area contributed by atoms with E-state index < -0.39 is 0 Å². The van der Waals surface area contributed by atoms with Crippen LogP contribution in [-0.2, 0) is 0 Å². The van der Waals surface area contributed by atoms with Gasteiger partial charge in [0.1, 0.15) is 5.82 Å². The molecule has 20 heavy (non-hydrogen) atoms. The van der Waals surface area contributed by atoms with Gasteiger partial charge >= 0.3 is 0 Å². The largest absolute Gasteiger partial charge is 0.310 e. The Labute approximate surface area is 118 Å². The molecule has 2 heteroatoms. The lowest BCUT2D eigenvalue weighted by Gasteiger charge is -2.31. The van der Waals surface area contributed by atoms with Crippen molar-refractivity contribution in [3.8, 4) is 0 Å². The molecule has 0 bridgehead atoms. The predicted molar refractivity (Wildman–Crippen MR) is 78.2 cm³/mol. The molecule has 1 N–H and O–H groups in total. The van der Waals surface area contributed by atoms with Crippen molar-refractivity contribution < 1.29 is 4.39 Å². The lowest BCUT2D eigenvalue weighted by molar-refractivity contribution is 0.287. The lowest BCUT2D eigenvalue weighted by Crippen LogP contribution is -2.32. The van der Waals surface area contributed by atoms with Crippen LogP contribution in [0.3, 0.4) is 0 Å². The molecule has 3 atom stereocenters. The minimum atomic E-state index is -0.154. The third-order valence-corrected chi connectivity index (χ3v) is 4.83. The smallest absolute Gasteiger partial charge is 0.123 e. The zero-order valence-corrected chi connectivity index (χ0v) is 11.4. The summed E-state index contributed by atoms with van der Waals surface area (Å²) in [5, 5.41) is 3.67. The molecule has 1 nitrogen and oxygen atoms in total. The Bertz CT molecular complexity index is 620. The molecule has 2 aromatic carbocycles. The maximum absolute atomic E-state index is 13.2. The number of hydrogen-bond acceptors (Lipinski definition) is 1. The van der Waals surface area contributed by atoms with E-state index in [9.17, 15) is 4.39 Å². The van der Waals surface area contributed by atoms with Crippen LogP contribution in [0.25, 0.3) is 0 Å². The van der Waals surface area contributed by atoms with Gasteiger partial charge in [0.15, 0.2) is 0 Å². The highest BCUT2D eigenvalue weighted by molar-refractivity contribution is 5.46. The van der Waals surface area contributed by atoms with Crippen molar-refractivity contribution in [1.29, 1.82) is 0 Å². The summed E-state index contributed by atoms with van der Waals surface area (Å²) in [6.07, 6.45) is 2.47. The molecule has 0 saturated carbocycles. The van der Waals surface area contributed by atoms with E-state index in [1.165, 1.54) is 29.5 Å². The highest BCUT2D eigenvalue weighted by atomic mass is 19.1. The molecule has 0 radical (unpaired) electrons. The fraction of sp³-hybridized carbons (Fsp3) is 0.333. The second-order valence-corrected chi connectivity index (χ2v) is 5.90. The monoisotopic (exact) mass is 267 g/mol. The minimum absolute atomic E-state index is 0.154. The summed E-state index contributed by atoms with van der Waals surface area (Å²) in [7, 11) is 0. The summed E-state index contributed by atoms with van der Waals surface area (Å²) in [6.45, 7) is 1.10. The molecule has 1 fully saturated rings. The van der Waals surface area contributed by atoms with Crippen molar-refractivity contribution in [2.24, 2.45) is 5.92 Å². The van der Waals surface area contributed by atoms with Crippen LogP contribution in [0.5, 0.6) is 0 Å². The van der Waals surface area contributed by atoms with Crippen LogP contribution in [0.1, 0.15) is 41.5 Å². The van der Waals surface area contributed by atoms with Crippen LogP contribution in [0.2, 0.25) is 0 Å². The molecular weight excluding hydrogens is 249 g/mol. The second-order valence-electron chi connectivity index (χ2n) is 5.90. The molecule has 1 aliphatic heterocycles. The van der Waals surface area contributed by atoms with Gasteiger partial charge in [0.25, 0.3) is 0 Å². The topological polar surface area (TPSA) is 12.0 Å². The van der Waals surface area contributed by atoms with Gasteiger partial charge in [0.2, 0.25) is 0 Å². The summed E-state index contributed by atoms with van der Waals surface area (Å²) < 4.78 is 13.2. The molecule has 0 spiro atoms. The molecule has 4 rings (SSSR count). The highest BCUT2D eigenvalue weighted by Gasteiger charge is 2.41. The quantitative estimate of drug-likeness (QED) is 0.823. The summed E-state index contributed by atoms with van der Waals surface area (Å²) in [5.41, 5.74) is 4.10. The normalized spacial score (nSPS) is 27.9. The van der Waals surface area contributed by atoms with E-state index in [2.05, 4.69) is 29.6 Å². The first-order chi connectivity index (χ1) is 9.84. The molecule has 0 amide bonds. The number of rotatable bonds is 1. The van der Waals surface area contributed by atoms with Crippen LogP contribution in [0.15, 0.2) is 48.5 Å². The second kappa shape index (κ2) is 4.71. The van der Waals surface area contributed by atoms with Gasteiger partial charge in [-0.05, 0) is 54.1 Å².